The highest BCUT2D eigenvalue weighted by Gasteiger charge is 2.23. The first kappa shape index (κ1) is 17.9. The van der Waals surface area contributed by atoms with Crippen molar-refractivity contribution in [1.82, 2.24) is 10.2 Å². The molecule has 2 aromatic carbocycles. The van der Waals surface area contributed by atoms with E-state index in [1.807, 2.05) is 48.5 Å². The molecule has 132 valence electrons. The molecule has 1 aliphatic rings. The number of carbonyl (C=O) groups is 1. The zero-order chi connectivity index (χ0) is 17.6. The van der Waals surface area contributed by atoms with E-state index in [0.717, 1.165) is 31.5 Å². The first-order chi connectivity index (χ1) is 12.1. The third-order valence-electron chi connectivity index (χ3n) is 4.65. The van der Waals surface area contributed by atoms with Crippen LogP contribution in [0, 0.1) is 0 Å². The fourth-order valence-corrected chi connectivity index (χ4v) is 3.47. The fraction of sp³-hybridized carbons (Fsp3) is 0.350. The summed E-state index contributed by atoms with van der Waals surface area (Å²) in [5, 5.41) is 14.1. The number of carbonyl (C=O) groups excluding carboxylic acids is 1. The van der Waals surface area contributed by atoms with Gasteiger partial charge in [0.05, 0.1) is 6.10 Å². The SMILES string of the molecule is O=C(NC1CCN(C[C@@H](O)c2ccccc2Cl)CC1)c1ccccc1. The molecule has 0 unspecified atom stereocenters. The summed E-state index contributed by atoms with van der Waals surface area (Å²) in [6, 6.07) is 16.9. The second-order valence-electron chi connectivity index (χ2n) is 6.45. The van der Waals surface area contributed by atoms with Crippen LogP contribution in [-0.4, -0.2) is 41.6 Å². The number of aliphatic hydroxyl groups excluding tert-OH is 1. The van der Waals surface area contributed by atoms with Crippen molar-refractivity contribution in [2.75, 3.05) is 19.6 Å². The summed E-state index contributed by atoms with van der Waals surface area (Å²) in [6.07, 6.45) is 1.17. The van der Waals surface area contributed by atoms with Crippen molar-refractivity contribution in [2.24, 2.45) is 0 Å². The van der Waals surface area contributed by atoms with Crippen molar-refractivity contribution < 1.29 is 9.90 Å². The monoisotopic (exact) mass is 358 g/mol. The van der Waals surface area contributed by atoms with Gasteiger partial charge in [0.25, 0.3) is 5.91 Å². The lowest BCUT2D eigenvalue weighted by atomic mass is 10.0. The molecule has 1 aliphatic heterocycles. The van der Waals surface area contributed by atoms with Crippen LogP contribution in [0.1, 0.15) is 34.9 Å². The average molecular weight is 359 g/mol. The molecule has 1 fully saturated rings. The predicted molar refractivity (Wildman–Crippen MR) is 99.8 cm³/mol. The number of likely N-dealkylation sites (tertiary alicyclic amines) is 1. The number of nitrogens with one attached hydrogen (secondary N) is 1. The van der Waals surface area contributed by atoms with E-state index in [1.165, 1.54) is 0 Å². The minimum atomic E-state index is -0.593. The maximum atomic E-state index is 12.2. The number of benzene rings is 2. The lowest BCUT2D eigenvalue weighted by Gasteiger charge is -2.33. The van der Waals surface area contributed by atoms with Gasteiger partial charge in [0.1, 0.15) is 0 Å². The first-order valence-electron chi connectivity index (χ1n) is 8.64. The summed E-state index contributed by atoms with van der Waals surface area (Å²) >= 11 is 6.15. The molecule has 25 heavy (non-hydrogen) atoms. The van der Waals surface area contributed by atoms with E-state index in [2.05, 4.69) is 10.2 Å². The molecule has 0 radical (unpaired) electrons. The van der Waals surface area contributed by atoms with Gasteiger partial charge >= 0.3 is 0 Å². The van der Waals surface area contributed by atoms with Gasteiger partial charge in [-0.15, -0.1) is 0 Å². The van der Waals surface area contributed by atoms with Crippen molar-refractivity contribution in [3.05, 3.63) is 70.7 Å². The molecule has 5 heteroatoms. The van der Waals surface area contributed by atoms with Gasteiger partial charge in [-0.1, -0.05) is 48.0 Å². The second-order valence-corrected chi connectivity index (χ2v) is 6.86. The Bertz CT molecular complexity index is 700. The lowest BCUT2D eigenvalue weighted by molar-refractivity contribution is 0.0828. The standard InChI is InChI=1S/C20H23ClN2O2/c21-18-9-5-4-8-17(18)19(24)14-23-12-10-16(11-13-23)22-20(25)15-6-2-1-3-7-15/h1-9,16,19,24H,10-14H2,(H,22,25)/t19-/m1/s1. The van der Waals surface area contributed by atoms with Gasteiger partial charge in [-0.3, -0.25) is 4.79 Å². The van der Waals surface area contributed by atoms with Gasteiger partial charge in [-0.05, 0) is 31.0 Å². The number of nitrogens with zero attached hydrogens (tertiary/aromatic N) is 1. The molecule has 0 aliphatic carbocycles. The zero-order valence-corrected chi connectivity index (χ0v) is 14.8. The summed E-state index contributed by atoms with van der Waals surface area (Å²) in [4.78, 5) is 14.4. The van der Waals surface area contributed by atoms with Crippen LogP contribution in [0.25, 0.3) is 0 Å². The second kappa shape index (κ2) is 8.48. The molecule has 0 aromatic heterocycles. The Kier molecular flexibility index (Phi) is 6.08. The Morgan fingerprint density at radius 2 is 1.76 bits per heavy atom. The third kappa shape index (κ3) is 4.82. The van der Waals surface area contributed by atoms with Crippen LogP contribution < -0.4 is 5.32 Å². The maximum Gasteiger partial charge on any atom is 0.251 e. The topological polar surface area (TPSA) is 52.6 Å². The van der Waals surface area contributed by atoms with Crippen LogP contribution in [0.15, 0.2) is 54.6 Å². The number of aliphatic hydroxyl groups is 1. The maximum absolute atomic E-state index is 12.2. The normalized spacial score (nSPS) is 17.2. The molecule has 4 nitrogen and oxygen atoms in total. The molecule has 1 heterocycles. The molecule has 1 atom stereocenters. The molecule has 1 amide bonds. The van der Waals surface area contributed by atoms with Crippen LogP contribution >= 0.6 is 11.6 Å². The molecular formula is C20H23ClN2O2. The minimum Gasteiger partial charge on any atom is -0.387 e. The van der Waals surface area contributed by atoms with Gasteiger partial charge in [-0.2, -0.15) is 0 Å². The molecule has 0 saturated carbocycles. The quantitative estimate of drug-likeness (QED) is 0.862. The van der Waals surface area contributed by atoms with Gasteiger partial charge in [0.2, 0.25) is 0 Å². The number of β-amino-alcohol motifs (C(OH)–C–C–N with tert-alkyl or cyclic N) is 1. The van der Waals surface area contributed by atoms with Gasteiger partial charge < -0.3 is 15.3 Å². The van der Waals surface area contributed by atoms with Gasteiger partial charge in [0, 0.05) is 41.8 Å². The van der Waals surface area contributed by atoms with E-state index < -0.39 is 6.10 Å². The minimum absolute atomic E-state index is 0.0184. The fourth-order valence-electron chi connectivity index (χ4n) is 3.21. The molecule has 0 bridgehead atoms. The van der Waals surface area contributed by atoms with E-state index in [4.69, 9.17) is 11.6 Å². The van der Waals surface area contributed by atoms with Crippen molar-refractivity contribution >= 4 is 17.5 Å². The van der Waals surface area contributed by atoms with Crippen LogP contribution in [0.4, 0.5) is 0 Å². The van der Waals surface area contributed by atoms with Crippen LogP contribution in [0.5, 0.6) is 0 Å². The van der Waals surface area contributed by atoms with Crippen molar-refractivity contribution in [2.45, 2.75) is 25.0 Å². The Hall–Kier alpha value is -1.88. The third-order valence-corrected chi connectivity index (χ3v) is 5.00. The molecule has 3 rings (SSSR count). The van der Waals surface area contributed by atoms with E-state index >= 15 is 0 Å². The highest BCUT2D eigenvalue weighted by atomic mass is 35.5. The van der Waals surface area contributed by atoms with E-state index in [-0.39, 0.29) is 11.9 Å². The molecule has 2 aromatic rings. The van der Waals surface area contributed by atoms with E-state index in [0.29, 0.717) is 17.1 Å². The average Bonchev–Trinajstić information content (AvgIpc) is 2.64. The summed E-state index contributed by atoms with van der Waals surface area (Å²) < 4.78 is 0. The van der Waals surface area contributed by atoms with Crippen molar-refractivity contribution in [3.63, 3.8) is 0 Å². The molecular weight excluding hydrogens is 336 g/mol. The summed E-state index contributed by atoms with van der Waals surface area (Å²) in [7, 11) is 0. The Morgan fingerprint density at radius 1 is 1.12 bits per heavy atom. The van der Waals surface area contributed by atoms with Crippen LogP contribution in [0.3, 0.4) is 0 Å². The summed E-state index contributed by atoms with van der Waals surface area (Å²) in [6.45, 7) is 2.26. The van der Waals surface area contributed by atoms with Gasteiger partial charge in [-0.25, -0.2) is 0 Å². The number of hydrogen-bond acceptors (Lipinski definition) is 3. The number of rotatable bonds is 5. The number of hydrogen-bond donors (Lipinski definition) is 2. The lowest BCUT2D eigenvalue weighted by Crippen LogP contribution is -2.45. The molecule has 0 spiro atoms. The largest absolute Gasteiger partial charge is 0.387 e. The highest BCUT2D eigenvalue weighted by Crippen LogP contribution is 2.24. The molecule has 2 N–H and O–H groups in total. The number of halogens is 1. The predicted octanol–water partition coefficient (Wildman–Crippen LogP) is 3.27. The Balaban J connectivity index is 1.47. The van der Waals surface area contributed by atoms with Crippen LogP contribution in [0.2, 0.25) is 5.02 Å². The number of amides is 1. The highest BCUT2D eigenvalue weighted by molar-refractivity contribution is 6.31. The van der Waals surface area contributed by atoms with E-state index in [1.54, 1.807) is 6.07 Å². The van der Waals surface area contributed by atoms with Crippen LogP contribution in [-0.2, 0) is 0 Å². The summed E-state index contributed by atoms with van der Waals surface area (Å²) in [5.74, 6) is -0.0184. The first-order valence-corrected chi connectivity index (χ1v) is 9.02. The smallest absolute Gasteiger partial charge is 0.251 e. The zero-order valence-electron chi connectivity index (χ0n) is 14.1. The van der Waals surface area contributed by atoms with Crippen molar-refractivity contribution in [3.8, 4) is 0 Å². The number of piperidine rings is 1. The van der Waals surface area contributed by atoms with Gasteiger partial charge in [0.15, 0.2) is 0 Å². The van der Waals surface area contributed by atoms with E-state index in [9.17, 15) is 9.90 Å². The Morgan fingerprint density at radius 3 is 2.44 bits per heavy atom. The van der Waals surface area contributed by atoms with Crippen molar-refractivity contribution in [1.29, 1.82) is 0 Å². The summed E-state index contributed by atoms with van der Waals surface area (Å²) in [5.41, 5.74) is 1.46. The Labute approximate surface area is 153 Å². The molecule has 1 saturated heterocycles.